The number of ether oxygens (including phenoxy) is 2. The van der Waals surface area contributed by atoms with E-state index >= 15 is 0 Å². The van der Waals surface area contributed by atoms with Crippen LogP contribution >= 0.6 is 0 Å². The van der Waals surface area contributed by atoms with E-state index in [-0.39, 0.29) is 5.91 Å². The minimum absolute atomic E-state index is 0.157. The Balaban J connectivity index is 1.56. The normalized spacial score (nSPS) is 10.6. The molecule has 0 unspecified atom stereocenters. The Labute approximate surface area is 182 Å². The second kappa shape index (κ2) is 9.35. The van der Waals surface area contributed by atoms with Crippen LogP contribution in [0.15, 0.2) is 84.9 Å². The summed E-state index contributed by atoms with van der Waals surface area (Å²) in [5, 5.41) is 5.19. The zero-order chi connectivity index (χ0) is 21.6. The number of carbonyl (C=O) groups excluding carboxylic acids is 1. The molecule has 1 amide bonds. The highest BCUT2D eigenvalue weighted by Crippen LogP contribution is 2.28. The monoisotopic (exact) mass is 411 g/mol. The van der Waals surface area contributed by atoms with Crippen LogP contribution < -0.4 is 14.8 Å². The fourth-order valence-corrected chi connectivity index (χ4v) is 3.65. The number of anilines is 1. The predicted molar refractivity (Wildman–Crippen MR) is 125 cm³/mol. The van der Waals surface area contributed by atoms with E-state index in [1.165, 1.54) is 0 Å². The van der Waals surface area contributed by atoms with Crippen LogP contribution in [0.2, 0.25) is 0 Å². The Kier molecular flexibility index (Phi) is 6.18. The summed E-state index contributed by atoms with van der Waals surface area (Å²) >= 11 is 0. The van der Waals surface area contributed by atoms with Gasteiger partial charge in [0, 0.05) is 22.2 Å². The van der Waals surface area contributed by atoms with Crippen molar-refractivity contribution in [3.63, 3.8) is 0 Å². The number of hydrogen-bond donors (Lipinski definition) is 1. The van der Waals surface area contributed by atoms with Crippen molar-refractivity contribution in [3.05, 3.63) is 102 Å². The van der Waals surface area contributed by atoms with Gasteiger partial charge in [-0.15, -0.1) is 0 Å². The van der Waals surface area contributed by atoms with E-state index in [0.717, 1.165) is 39.8 Å². The summed E-state index contributed by atoms with van der Waals surface area (Å²) in [6.45, 7) is 2.37. The summed E-state index contributed by atoms with van der Waals surface area (Å²) in [4.78, 5) is 12.9. The van der Waals surface area contributed by atoms with Crippen molar-refractivity contribution >= 4 is 22.4 Å². The van der Waals surface area contributed by atoms with Crippen LogP contribution in [-0.2, 0) is 13.0 Å². The molecule has 0 aliphatic heterocycles. The number of carbonyl (C=O) groups is 1. The molecule has 0 atom stereocenters. The molecule has 4 aromatic rings. The number of aryl methyl sites for hydroxylation is 1. The SMILES string of the molecule is CCc1ccccc1NC(=O)c1ccc(OC)c(COc2cccc3ccccc23)c1. The van der Waals surface area contributed by atoms with Gasteiger partial charge in [0.15, 0.2) is 0 Å². The summed E-state index contributed by atoms with van der Waals surface area (Å²) in [5.74, 6) is 1.33. The van der Waals surface area contributed by atoms with E-state index < -0.39 is 0 Å². The standard InChI is InChI=1S/C27H25NO3/c1-3-19-9-5-7-13-24(19)28-27(29)21-15-16-25(30-2)22(17-21)18-31-26-14-8-11-20-10-4-6-12-23(20)26/h4-17H,3,18H2,1-2H3,(H,28,29). The fourth-order valence-electron chi connectivity index (χ4n) is 3.65. The maximum atomic E-state index is 12.9. The lowest BCUT2D eigenvalue weighted by molar-refractivity contribution is 0.102. The second-order valence-corrected chi connectivity index (χ2v) is 7.26. The Morgan fingerprint density at radius 1 is 0.839 bits per heavy atom. The highest BCUT2D eigenvalue weighted by molar-refractivity contribution is 6.04. The van der Waals surface area contributed by atoms with Gasteiger partial charge in [-0.05, 0) is 47.7 Å². The maximum absolute atomic E-state index is 12.9. The number of amides is 1. The Hall–Kier alpha value is -3.79. The van der Waals surface area contributed by atoms with Crippen LogP contribution in [0.5, 0.6) is 11.5 Å². The van der Waals surface area contributed by atoms with E-state index in [9.17, 15) is 4.79 Å². The Bertz CT molecular complexity index is 1210. The van der Waals surface area contributed by atoms with Gasteiger partial charge in [-0.3, -0.25) is 4.79 Å². The Morgan fingerprint density at radius 3 is 2.45 bits per heavy atom. The largest absolute Gasteiger partial charge is 0.496 e. The van der Waals surface area contributed by atoms with E-state index in [0.29, 0.717) is 17.9 Å². The van der Waals surface area contributed by atoms with Crippen molar-refractivity contribution in [2.45, 2.75) is 20.0 Å². The molecule has 0 heterocycles. The number of para-hydroxylation sites is 1. The molecule has 4 aromatic carbocycles. The minimum atomic E-state index is -0.157. The summed E-state index contributed by atoms with van der Waals surface area (Å²) < 4.78 is 11.6. The van der Waals surface area contributed by atoms with Gasteiger partial charge in [-0.2, -0.15) is 0 Å². The van der Waals surface area contributed by atoms with Crippen molar-refractivity contribution < 1.29 is 14.3 Å². The Morgan fingerprint density at radius 2 is 1.61 bits per heavy atom. The highest BCUT2D eigenvalue weighted by Gasteiger charge is 2.13. The van der Waals surface area contributed by atoms with Crippen LogP contribution in [-0.4, -0.2) is 13.0 Å². The smallest absolute Gasteiger partial charge is 0.255 e. The van der Waals surface area contributed by atoms with E-state index in [1.54, 1.807) is 13.2 Å². The van der Waals surface area contributed by atoms with Gasteiger partial charge in [-0.25, -0.2) is 0 Å². The first-order valence-electron chi connectivity index (χ1n) is 10.4. The van der Waals surface area contributed by atoms with Gasteiger partial charge >= 0.3 is 0 Å². The van der Waals surface area contributed by atoms with E-state index in [2.05, 4.69) is 24.4 Å². The van der Waals surface area contributed by atoms with Crippen LogP contribution in [0.3, 0.4) is 0 Å². The number of hydrogen-bond acceptors (Lipinski definition) is 3. The van der Waals surface area contributed by atoms with Crippen LogP contribution in [0.1, 0.15) is 28.4 Å². The van der Waals surface area contributed by atoms with Gasteiger partial charge < -0.3 is 14.8 Å². The zero-order valence-corrected chi connectivity index (χ0v) is 17.7. The van der Waals surface area contributed by atoms with Gasteiger partial charge in [0.2, 0.25) is 0 Å². The van der Waals surface area contributed by atoms with E-state index in [1.807, 2.05) is 66.7 Å². The van der Waals surface area contributed by atoms with Gasteiger partial charge in [0.1, 0.15) is 18.1 Å². The molecule has 156 valence electrons. The van der Waals surface area contributed by atoms with Crippen molar-refractivity contribution in [2.24, 2.45) is 0 Å². The van der Waals surface area contributed by atoms with Gasteiger partial charge in [0.25, 0.3) is 5.91 Å². The molecule has 0 aliphatic carbocycles. The first-order valence-corrected chi connectivity index (χ1v) is 10.4. The van der Waals surface area contributed by atoms with Crippen LogP contribution in [0.25, 0.3) is 10.8 Å². The molecular formula is C27H25NO3. The molecule has 31 heavy (non-hydrogen) atoms. The molecule has 0 saturated heterocycles. The van der Waals surface area contributed by atoms with Gasteiger partial charge in [-0.1, -0.05) is 61.5 Å². The molecule has 4 nitrogen and oxygen atoms in total. The molecule has 0 aromatic heterocycles. The molecule has 0 spiro atoms. The highest BCUT2D eigenvalue weighted by atomic mass is 16.5. The van der Waals surface area contributed by atoms with Crippen molar-refractivity contribution in [1.82, 2.24) is 0 Å². The molecule has 4 rings (SSSR count). The van der Waals surface area contributed by atoms with Crippen molar-refractivity contribution in [1.29, 1.82) is 0 Å². The first kappa shape index (κ1) is 20.5. The molecule has 0 saturated carbocycles. The fraction of sp³-hybridized carbons (Fsp3) is 0.148. The van der Waals surface area contributed by atoms with Crippen molar-refractivity contribution in [3.8, 4) is 11.5 Å². The predicted octanol–water partition coefficient (Wildman–Crippen LogP) is 6.24. The maximum Gasteiger partial charge on any atom is 0.255 e. The van der Waals surface area contributed by atoms with Crippen LogP contribution in [0.4, 0.5) is 5.69 Å². The summed E-state index contributed by atoms with van der Waals surface area (Å²) in [5.41, 5.74) is 3.30. The summed E-state index contributed by atoms with van der Waals surface area (Å²) in [6.07, 6.45) is 0.850. The third-order valence-corrected chi connectivity index (χ3v) is 5.32. The number of rotatable bonds is 7. The number of nitrogens with one attached hydrogen (secondary N) is 1. The van der Waals surface area contributed by atoms with E-state index in [4.69, 9.17) is 9.47 Å². The molecule has 1 N–H and O–H groups in total. The molecule has 0 fully saturated rings. The summed E-state index contributed by atoms with van der Waals surface area (Å²) in [6, 6.07) is 27.3. The molecule has 0 radical (unpaired) electrons. The average molecular weight is 412 g/mol. The number of fused-ring (bicyclic) bond motifs is 1. The van der Waals surface area contributed by atoms with Crippen LogP contribution in [0, 0.1) is 0 Å². The lowest BCUT2D eigenvalue weighted by Crippen LogP contribution is -2.14. The topological polar surface area (TPSA) is 47.6 Å². The number of benzene rings is 4. The van der Waals surface area contributed by atoms with Gasteiger partial charge in [0.05, 0.1) is 7.11 Å². The molecule has 4 heteroatoms. The molecular weight excluding hydrogens is 386 g/mol. The zero-order valence-electron chi connectivity index (χ0n) is 17.7. The third kappa shape index (κ3) is 4.53. The number of methoxy groups -OCH3 is 1. The first-order chi connectivity index (χ1) is 15.2. The lowest BCUT2D eigenvalue weighted by atomic mass is 10.1. The quantitative estimate of drug-likeness (QED) is 0.391. The lowest BCUT2D eigenvalue weighted by Gasteiger charge is -2.14. The molecule has 0 bridgehead atoms. The minimum Gasteiger partial charge on any atom is -0.496 e. The second-order valence-electron chi connectivity index (χ2n) is 7.26. The summed E-state index contributed by atoms with van der Waals surface area (Å²) in [7, 11) is 1.62. The molecule has 0 aliphatic rings. The van der Waals surface area contributed by atoms with Crippen molar-refractivity contribution in [2.75, 3.05) is 12.4 Å². The third-order valence-electron chi connectivity index (χ3n) is 5.32. The average Bonchev–Trinajstić information content (AvgIpc) is 2.82.